The Hall–Kier alpha value is -0.370. The van der Waals surface area contributed by atoms with E-state index in [0.29, 0.717) is 6.61 Å². The second-order valence-corrected chi connectivity index (χ2v) is 1.89. The Morgan fingerprint density at radius 3 is 2.75 bits per heavy atom. The van der Waals surface area contributed by atoms with E-state index < -0.39 is 0 Å². The fraction of sp³-hybridized carbons (Fsp3) is 0.833. The predicted molar refractivity (Wildman–Crippen MR) is 31.7 cm³/mol. The molecule has 0 aromatic heterocycles. The van der Waals surface area contributed by atoms with E-state index in [2.05, 4.69) is 0 Å². The standard InChI is InChI=1S/C6H12O2/c1-6(5-7)3-4-8-2/h5-6H,3-4H2,1-2H3. The molecule has 0 saturated carbocycles. The number of rotatable bonds is 4. The van der Waals surface area contributed by atoms with Crippen LogP contribution in [0.15, 0.2) is 0 Å². The third-order valence-electron chi connectivity index (χ3n) is 1.01. The maximum atomic E-state index is 9.96. The summed E-state index contributed by atoms with van der Waals surface area (Å²) < 4.78 is 4.76. The molecule has 0 N–H and O–H groups in total. The normalized spacial score (nSPS) is 13.2. The molecule has 0 bridgehead atoms. The number of aldehydes is 1. The first-order chi connectivity index (χ1) is 3.81. The average molecular weight is 116 g/mol. The first-order valence-electron chi connectivity index (χ1n) is 2.75. The molecule has 0 spiro atoms. The van der Waals surface area contributed by atoms with Gasteiger partial charge in [0.05, 0.1) is 0 Å². The van der Waals surface area contributed by atoms with Crippen molar-refractivity contribution in [2.75, 3.05) is 13.7 Å². The zero-order valence-corrected chi connectivity index (χ0v) is 5.39. The average Bonchev–Trinajstić information content (AvgIpc) is 1.83. The lowest BCUT2D eigenvalue weighted by Gasteiger charge is -1.98. The lowest BCUT2D eigenvalue weighted by molar-refractivity contribution is -0.111. The highest BCUT2D eigenvalue weighted by Crippen LogP contribution is 1.95. The molecule has 0 aromatic carbocycles. The molecule has 0 aliphatic heterocycles. The van der Waals surface area contributed by atoms with Gasteiger partial charge in [0.25, 0.3) is 0 Å². The molecule has 0 saturated heterocycles. The minimum absolute atomic E-state index is 0.148. The van der Waals surface area contributed by atoms with Crippen LogP contribution in [-0.4, -0.2) is 20.0 Å². The van der Waals surface area contributed by atoms with Crippen LogP contribution in [-0.2, 0) is 9.53 Å². The van der Waals surface area contributed by atoms with Crippen molar-refractivity contribution in [2.45, 2.75) is 13.3 Å². The Labute approximate surface area is 49.8 Å². The van der Waals surface area contributed by atoms with E-state index in [1.807, 2.05) is 6.92 Å². The third kappa shape index (κ3) is 3.81. The van der Waals surface area contributed by atoms with Crippen molar-refractivity contribution in [3.05, 3.63) is 0 Å². The Kier molecular flexibility index (Phi) is 4.56. The van der Waals surface area contributed by atoms with Crippen molar-refractivity contribution in [1.29, 1.82) is 0 Å². The van der Waals surface area contributed by atoms with Crippen molar-refractivity contribution in [3.63, 3.8) is 0 Å². The Morgan fingerprint density at radius 1 is 1.75 bits per heavy atom. The fourth-order valence-electron chi connectivity index (χ4n) is 0.372. The zero-order chi connectivity index (χ0) is 6.41. The summed E-state index contributed by atoms with van der Waals surface area (Å²) in [7, 11) is 1.64. The van der Waals surface area contributed by atoms with Gasteiger partial charge in [-0.3, -0.25) is 0 Å². The first kappa shape index (κ1) is 7.63. The summed E-state index contributed by atoms with van der Waals surface area (Å²) in [6.07, 6.45) is 1.78. The molecule has 2 heteroatoms. The summed E-state index contributed by atoms with van der Waals surface area (Å²) in [5.41, 5.74) is 0. The van der Waals surface area contributed by atoms with Crippen LogP contribution in [0, 0.1) is 5.92 Å². The van der Waals surface area contributed by atoms with E-state index in [1.165, 1.54) is 0 Å². The minimum Gasteiger partial charge on any atom is -0.385 e. The molecule has 0 amide bonds. The zero-order valence-electron chi connectivity index (χ0n) is 5.39. The lowest BCUT2D eigenvalue weighted by atomic mass is 10.1. The SMILES string of the molecule is COCCC(C)C=O. The summed E-state index contributed by atoms with van der Waals surface area (Å²) >= 11 is 0. The van der Waals surface area contributed by atoms with Crippen LogP contribution in [0.2, 0.25) is 0 Å². The van der Waals surface area contributed by atoms with E-state index in [4.69, 9.17) is 4.74 Å². The molecule has 0 fully saturated rings. The topological polar surface area (TPSA) is 26.3 Å². The van der Waals surface area contributed by atoms with Crippen LogP contribution < -0.4 is 0 Å². The molecular formula is C6H12O2. The molecule has 1 unspecified atom stereocenters. The number of carbonyl (C=O) groups is 1. The molecule has 0 aliphatic rings. The van der Waals surface area contributed by atoms with Crippen LogP contribution in [0.3, 0.4) is 0 Å². The summed E-state index contributed by atoms with van der Waals surface area (Å²) in [4.78, 5) is 9.96. The molecule has 0 rings (SSSR count). The van der Waals surface area contributed by atoms with Gasteiger partial charge in [-0.15, -0.1) is 0 Å². The Bertz CT molecular complexity index is 61.5. The molecule has 0 heterocycles. The van der Waals surface area contributed by atoms with Gasteiger partial charge < -0.3 is 9.53 Å². The maximum absolute atomic E-state index is 9.96. The lowest BCUT2D eigenvalue weighted by Crippen LogP contribution is -1.99. The quantitative estimate of drug-likeness (QED) is 0.509. The molecule has 8 heavy (non-hydrogen) atoms. The molecule has 2 nitrogen and oxygen atoms in total. The number of hydrogen-bond donors (Lipinski definition) is 0. The van der Waals surface area contributed by atoms with Crippen LogP contribution in [0.4, 0.5) is 0 Å². The summed E-state index contributed by atoms with van der Waals surface area (Å²) in [5.74, 6) is 0.148. The molecule has 48 valence electrons. The highest BCUT2D eigenvalue weighted by molar-refractivity contribution is 5.52. The minimum atomic E-state index is 0.148. The van der Waals surface area contributed by atoms with Gasteiger partial charge in [-0.25, -0.2) is 0 Å². The molecule has 0 aliphatic carbocycles. The van der Waals surface area contributed by atoms with Crippen molar-refractivity contribution >= 4 is 6.29 Å². The largest absolute Gasteiger partial charge is 0.385 e. The van der Waals surface area contributed by atoms with Crippen molar-refractivity contribution in [3.8, 4) is 0 Å². The smallest absolute Gasteiger partial charge is 0.122 e. The van der Waals surface area contributed by atoms with Crippen molar-refractivity contribution in [2.24, 2.45) is 5.92 Å². The number of methoxy groups -OCH3 is 1. The van der Waals surface area contributed by atoms with E-state index in [1.54, 1.807) is 7.11 Å². The van der Waals surface area contributed by atoms with Crippen LogP contribution >= 0.6 is 0 Å². The van der Waals surface area contributed by atoms with E-state index in [-0.39, 0.29) is 5.92 Å². The van der Waals surface area contributed by atoms with Gasteiger partial charge in [-0.1, -0.05) is 6.92 Å². The van der Waals surface area contributed by atoms with Crippen molar-refractivity contribution in [1.82, 2.24) is 0 Å². The third-order valence-corrected chi connectivity index (χ3v) is 1.01. The first-order valence-corrected chi connectivity index (χ1v) is 2.75. The van der Waals surface area contributed by atoms with E-state index in [0.717, 1.165) is 12.7 Å². The predicted octanol–water partition coefficient (Wildman–Crippen LogP) is 0.858. The number of ether oxygens (including phenoxy) is 1. The highest BCUT2D eigenvalue weighted by Gasteiger charge is 1.95. The molecule has 0 radical (unpaired) electrons. The van der Waals surface area contributed by atoms with Gasteiger partial charge in [0.15, 0.2) is 0 Å². The monoisotopic (exact) mass is 116 g/mol. The van der Waals surface area contributed by atoms with Gasteiger partial charge >= 0.3 is 0 Å². The number of carbonyl (C=O) groups excluding carboxylic acids is 1. The van der Waals surface area contributed by atoms with Gasteiger partial charge in [0.1, 0.15) is 6.29 Å². The fourth-order valence-corrected chi connectivity index (χ4v) is 0.372. The van der Waals surface area contributed by atoms with Gasteiger partial charge in [0.2, 0.25) is 0 Å². The second kappa shape index (κ2) is 4.78. The van der Waals surface area contributed by atoms with Crippen LogP contribution in [0.25, 0.3) is 0 Å². The number of hydrogen-bond acceptors (Lipinski definition) is 2. The summed E-state index contributed by atoms with van der Waals surface area (Å²) in [5, 5.41) is 0. The summed E-state index contributed by atoms with van der Waals surface area (Å²) in [6.45, 7) is 2.56. The van der Waals surface area contributed by atoms with Crippen LogP contribution in [0.1, 0.15) is 13.3 Å². The van der Waals surface area contributed by atoms with E-state index >= 15 is 0 Å². The van der Waals surface area contributed by atoms with Gasteiger partial charge in [-0.05, 0) is 6.42 Å². The van der Waals surface area contributed by atoms with Crippen LogP contribution in [0.5, 0.6) is 0 Å². The van der Waals surface area contributed by atoms with Gasteiger partial charge in [-0.2, -0.15) is 0 Å². The Morgan fingerprint density at radius 2 is 2.38 bits per heavy atom. The molecule has 1 atom stereocenters. The van der Waals surface area contributed by atoms with Crippen molar-refractivity contribution < 1.29 is 9.53 Å². The molecule has 0 aromatic rings. The van der Waals surface area contributed by atoms with Gasteiger partial charge in [0, 0.05) is 19.6 Å². The maximum Gasteiger partial charge on any atom is 0.122 e. The van der Waals surface area contributed by atoms with E-state index in [9.17, 15) is 4.79 Å². The highest BCUT2D eigenvalue weighted by atomic mass is 16.5. The molecular weight excluding hydrogens is 104 g/mol. The second-order valence-electron chi connectivity index (χ2n) is 1.89. The Balaban J connectivity index is 2.98. The summed E-state index contributed by atoms with van der Waals surface area (Å²) in [6, 6.07) is 0.